The van der Waals surface area contributed by atoms with Gasteiger partial charge in [0.05, 0.1) is 17.3 Å². The fourth-order valence-corrected chi connectivity index (χ4v) is 1.43. The molecule has 0 aliphatic heterocycles. The van der Waals surface area contributed by atoms with Crippen molar-refractivity contribution in [3.63, 3.8) is 0 Å². The molecule has 2 N–H and O–H groups in total. The third-order valence-corrected chi connectivity index (χ3v) is 3.06. The van der Waals surface area contributed by atoms with Gasteiger partial charge in [-0.05, 0) is 25.0 Å². The molecule has 1 aromatic rings. The summed E-state index contributed by atoms with van der Waals surface area (Å²) in [4.78, 5) is 11.7. The molecule has 0 heterocycles. The van der Waals surface area contributed by atoms with Crippen molar-refractivity contribution < 1.29 is 4.79 Å². The fourth-order valence-electron chi connectivity index (χ4n) is 1.25. The van der Waals surface area contributed by atoms with Crippen LogP contribution >= 0.6 is 11.6 Å². The minimum Gasteiger partial charge on any atom is -0.324 e. The van der Waals surface area contributed by atoms with E-state index in [-0.39, 0.29) is 5.91 Å². The number of carbonyl (C=O) groups excluding carboxylic acids is 1. The van der Waals surface area contributed by atoms with E-state index in [1.165, 1.54) is 0 Å². The number of hydrogen-bond donors (Lipinski definition) is 2. The average molecular weight is 255 g/mol. The maximum absolute atomic E-state index is 11.7. The van der Waals surface area contributed by atoms with Crippen LogP contribution in [0.15, 0.2) is 24.3 Å². The molecular weight excluding hydrogens is 236 g/mol. The second-order valence-electron chi connectivity index (χ2n) is 4.44. The van der Waals surface area contributed by atoms with Crippen LogP contribution in [0.2, 0.25) is 5.02 Å². The van der Waals surface area contributed by atoms with Crippen LogP contribution in [0.3, 0.4) is 0 Å². The molecule has 94 valence electrons. The van der Waals surface area contributed by atoms with Crippen molar-refractivity contribution in [2.45, 2.75) is 26.8 Å². The van der Waals surface area contributed by atoms with Gasteiger partial charge >= 0.3 is 0 Å². The second kappa shape index (κ2) is 6.62. The van der Waals surface area contributed by atoms with E-state index in [2.05, 4.69) is 31.4 Å². The van der Waals surface area contributed by atoms with E-state index in [0.717, 1.165) is 0 Å². The summed E-state index contributed by atoms with van der Waals surface area (Å²) in [5.41, 5.74) is 0.651. The molecule has 1 aromatic carbocycles. The first-order valence-electron chi connectivity index (χ1n) is 5.78. The predicted octanol–water partition coefficient (Wildman–Crippen LogP) is 2.91. The lowest BCUT2D eigenvalue weighted by Gasteiger charge is -2.17. The Morgan fingerprint density at radius 2 is 1.94 bits per heavy atom. The normalized spacial score (nSPS) is 12.5. The first-order valence-corrected chi connectivity index (χ1v) is 6.16. The lowest BCUT2D eigenvalue weighted by Crippen LogP contribution is -2.37. The summed E-state index contributed by atoms with van der Waals surface area (Å²) in [5, 5.41) is 6.49. The highest BCUT2D eigenvalue weighted by atomic mass is 35.5. The molecule has 0 aliphatic carbocycles. The largest absolute Gasteiger partial charge is 0.324 e. The molecule has 17 heavy (non-hydrogen) atoms. The van der Waals surface area contributed by atoms with Gasteiger partial charge in [0, 0.05) is 6.04 Å². The zero-order chi connectivity index (χ0) is 12.8. The van der Waals surface area contributed by atoms with Crippen molar-refractivity contribution in [1.82, 2.24) is 5.32 Å². The molecule has 1 amide bonds. The lowest BCUT2D eigenvalue weighted by molar-refractivity contribution is -0.115. The predicted molar refractivity (Wildman–Crippen MR) is 72.4 cm³/mol. The van der Waals surface area contributed by atoms with Crippen molar-refractivity contribution in [3.8, 4) is 0 Å². The van der Waals surface area contributed by atoms with E-state index < -0.39 is 0 Å². The van der Waals surface area contributed by atoms with Gasteiger partial charge < -0.3 is 10.6 Å². The van der Waals surface area contributed by atoms with E-state index in [1.54, 1.807) is 12.1 Å². The van der Waals surface area contributed by atoms with Crippen LogP contribution in [0, 0.1) is 5.92 Å². The second-order valence-corrected chi connectivity index (χ2v) is 4.85. The minimum atomic E-state index is -0.0781. The molecule has 0 bridgehead atoms. The molecular formula is C13H19ClN2O. The Labute approximate surface area is 108 Å². The Bertz CT molecular complexity index is 379. The average Bonchev–Trinajstić information content (AvgIpc) is 2.29. The lowest BCUT2D eigenvalue weighted by atomic mass is 10.1. The van der Waals surface area contributed by atoms with Gasteiger partial charge in [-0.2, -0.15) is 0 Å². The van der Waals surface area contributed by atoms with Gasteiger partial charge in [0.1, 0.15) is 0 Å². The van der Waals surface area contributed by atoms with Crippen LogP contribution in [-0.4, -0.2) is 18.5 Å². The number of hydrogen-bond acceptors (Lipinski definition) is 2. The van der Waals surface area contributed by atoms with Gasteiger partial charge in [-0.3, -0.25) is 4.79 Å². The summed E-state index contributed by atoms with van der Waals surface area (Å²) in [6.45, 7) is 6.59. The molecule has 4 heteroatoms. The van der Waals surface area contributed by atoms with Crippen LogP contribution in [-0.2, 0) is 4.79 Å². The van der Waals surface area contributed by atoms with Gasteiger partial charge in [0.25, 0.3) is 0 Å². The molecule has 0 saturated carbocycles. The molecule has 1 rings (SSSR count). The SMILES string of the molecule is CC(C)C(C)NCC(=O)Nc1ccccc1Cl. The highest BCUT2D eigenvalue weighted by molar-refractivity contribution is 6.33. The molecule has 0 aromatic heterocycles. The summed E-state index contributed by atoms with van der Waals surface area (Å²) < 4.78 is 0. The maximum Gasteiger partial charge on any atom is 0.238 e. The van der Waals surface area contributed by atoms with E-state index >= 15 is 0 Å². The molecule has 0 radical (unpaired) electrons. The summed E-state index contributed by atoms with van der Waals surface area (Å²) in [6.07, 6.45) is 0. The molecule has 1 atom stereocenters. The first kappa shape index (κ1) is 14.0. The third kappa shape index (κ3) is 4.75. The Morgan fingerprint density at radius 1 is 1.29 bits per heavy atom. The minimum absolute atomic E-state index is 0.0781. The van der Waals surface area contributed by atoms with Crippen molar-refractivity contribution in [1.29, 1.82) is 0 Å². The number of benzene rings is 1. The van der Waals surface area contributed by atoms with Crippen LogP contribution in [0.1, 0.15) is 20.8 Å². The van der Waals surface area contributed by atoms with E-state index in [1.807, 2.05) is 12.1 Å². The summed E-state index contributed by atoms with van der Waals surface area (Å²) in [5.74, 6) is 0.425. The van der Waals surface area contributed by atoms with Crippen molar-refractivity contribution >= 4 is 23.2 Å². The Balaban J connectivity index is 2.43. The Kier molecular flexibility index (Phi) is 5.45. The Hall–Kier alpha value is -1.06. The van der Waals surface area contributed by atoms with E-state index in [9.17, 15) is 4.79 Å². The number of amides is 1. The van der Waals surface area contributed by atoms with Crippen LogP contribution in [0.5, 0.6) is 0 Å². The van der Waals surface area contributed by atoms with Crippen LogP contribution in [0.4, 0.5) is 5.69 Å². The van der Waals surface area contributed by atoms with Crippen LogP contribution in [0.25, 0.3) is 0 Å². The van der Waals surface area contributed by atoms with Crippen molar-refractivity contribution in [3.05, 3.63) is 29.3 Å². The third-order valence-electron chi connectivity index (χ3n) is 2.73. The molecule has 1 unspecified atom stereocenters. The Morgan fingerprint density at radius 3 is 2.53 bits per heavy atom. The fraction of sp³-hybridized carbons (Fsp3) is 0.462. The molecule has 0 spiro atoms. The van der Waals surface area contributed by atoms with Gasteiger partial charge in [-0.1, -0.05) is 37.6 Å². The monoisotopic (exact) mass is 254 g/mol. The van der Waals surface area contributed by atoms with E-state index in [4.69, 9.17) is 11.6 Å². The topological polar surface area (TPSA) is 41.1 Å². The number of anilines is 1. The zero-order valence-electron chi connectivity index (χ0n) is 10.5. The zero-order valence-corrected chi connectivity index (χ0v) is 11.2. The summed E-state index contributed by atoms with van der Waals surface area (Å²) in [6, 6.07) is 7.52. The maximum atomic E-state index is 11.7. The van der Waals surface area contributed by atoms with Gasteiger partial charge in [-0.15, -0.1) is 0 Å². The molecule has 3 nitrogen and oxygen atoms in total. The standard InChI is InChI=1S/C13H19ClN2O/c1-9(2)10(3)15-8-13(17)16-12-7-5-4-6-11(12)14/h4-7,9-10,15H,8H2,1-3H3,(H,16,17). The molecule has 0 fully saturated rings. The molecule has 0 saturated heterocycles. The summed E-state index contributed by atoms with van der Waals surface area (Å²) in [7, 11) is 0. The van der Waals surface area contributed by atoms with Crippen molar-refractivity contribution in [2.75, 3.05) is 11.9 Å². The number of carbonyl (C=O) groups is 1. The highest BCUT2D eigenvalue weighted by Gasteiger charge is 2.09. The van der Waals surface area contributed by atoms with Crippen molar-refractivity contribution in [2.24, 2.45) is 5.92 Å². The van der Waals surface area contributed by atoms with Gasteiger partial charge in [-0.25, -0.2) is 0 Å². The highest BCUT2D eigenvalue weighted by Crippen LogP contribution is 2.19. The quantitative estimate of drug-likeness (QED) is 0.848. The van der Waals surface area contributed by atoms with Gasteiger partial charge in [0.15, 0.2) is 0 Å². The first-order chi connectivity index (χ1) is 8.00. The number of halogens is 1. The van der Waals surface area contributed by atoms with Gasteiger partial charge in [0.2, 0.25) is 5.91 Å². The smallest absolute Gasteiger partial charge is 0.238 e. The van der Waals surface area contributed by atoms with E-state index in [0.29, 0.717) is 29.2 Å². The molecule has 0 aliphatic rings. The number of nitrogens with one attached hydrogen (secondary N) is 2. The number of rotatable bonds is 5. The summed E-state index contributed by atoms with van der Waals surface area (Å²) >= 11 is 5.95. The van der Waals surface area contributed by atoms with Crippen LogP contribution < -0.4 is 10.6 Å². The number of para-hydroxylation sites is 1.